The van der Waals surface area contributed by atoms with Gasteiger partial charge in [-0.15, -0.1) is 0 Å². The fourth-order valence-corrected chi connectivity index (χ4v) is 2.39. The number of carbonyl (C=O) groups is 2. The normalized spacial score (nSPS) is 10.3. The van der Waals surface area contributed by atoms with Gasteiger partial charge in [0.2, 0.25) is 0 Å². The quantitative estimate of drug-likeness (QED) is 0.446. The van der Waals surface area contributed by atoms with Crippen molar-refractivity contribution in [3.05, 3.63) is 69.5 Å². The molecule has 2 rings (SSSR count). The van der Waals surface area contributed by atoms with E-state index in [2.05, 4.69) is 0 Å². The first-order valence-electron chi connectivity index (χ1n) is 7.91. The van der Waals surface area contributed by atoms with Gasteiger partial charge in [0.1, 0.15) is 5.82 Å². The highest BCUT2D eigenvalue weighted by Crippen LogP contribution is 2.22. The third-order valence-electron chi connectivity index (χ3n) is 3.59. The average Bonchev–Trinajstić information content (AvgIpc) is 2.63. The summed E-state index contributed by atoms with van der Waals surface area (Å²) in [6, 6.07) is 8.69. The van der Waals surface area contributed by atoms with E-state index in [0.29, 0.717) is 5.69 Å². The number of hydrogen-bond acceptors (Lipinski definition) is 5. The lowest BCUT2D eigenvalue weighted by atomic mass is 10.1. The molecule has 0 spiro atoms. The van der Waals surface area contributed by atoms with Gasteiger partial charge in [0, 0.05) is 29.9 Å². The van der Waals surface area contributed by atoms with Gasteiger partial charge in [0.15, 0.2) is 0 Å². The molecule has 0 saturated heterocycles. The van der Waals surface area contributed by atoms with Crippen molar-refractivity contribution in [2.24, 2.45) is 0 Å². The van der Waals surface area contributed by atoms with Gasteiger partial charge in [0.25, 0.3) is 11.6 Å². The van der Waals surface area contributed by atoms with Crippen LogP contribution in [0.2, 0.25) is 0 Å². The third-order valence-corrected chi connectivity index (χ3v) is 3.59. The van der Waals surface area contributed by atoms with Crippen LogP contribution in [0.1, 0.15) is 34.6 Å². The molecule has 26 heavy (non-hydrogen) atoms. The average molecular weight is 360 g/mol. The molecule has 0 heterocycles. The molecule has 7 nitrogen and oxygen atoms in total. The number of hydrogen-bond donors (Lipinski definition) is 0. The van der Waals surface area contributed by atoms with Crippen molar-refractivity contribution in [3.63, 3.8) is 0 Å². The molecule has 2 aromatic rings. The van der Waals surface area contributed by atoms with E-state index in [4.69, 9.17) is 4.74 Å². The zero-order valence-corrected chi connectivity index (χ0v) is 14.3. The molecule has 0 unspecified atom stereocenters. The van der Waals surface area contributed by atoms with Crippen LogP contribution in [0.4, 0.5) is 15.8 Å². The van der Waals surface area contributed by atoms with Crippen LogP contribution >= 0.6 is 0 Å². The van der Waals surface area contributed by atoms with Gasteiger partial charge in [-0.05, 0) is 44.2 Å². The van der Waals surface area contributed by atoms with Gasteiger partial charge >= 0.3 is 5.97 Å². The lowest BCUT2D eigenvalue weighted by molar-refractivity contribution is -0.384. The summed E-state index contributed by atoms with van der Waals surface area (Å²) in [4.78, 5) is 36.5. The largest absolute Gasteiger partial charge is 0.462 e. The summed E-state index contributed by atoms with van der Waals surface area (Å²) >= 11 is 0. The fraction of sp³-hybridized carbons (Fsp3) is 0.222. The maximum absolute atomic E-state index is 13.1. The van der Waals surface area contributed by atoms with E-state index in [-0.39, 0.29) is 24.3 Å². The molecule has 8 heteroatoms. The first kappa shape index (κ1) is 19.0. The van der Waals surface area contributed by atoms with Gasteiger partial charge in [-0.1, -0.05) is 0 Å². The number of non-ortho nitro benzene ring substituents is 1. The van der Waals surface area contributed by atoms with Crippen LogP contribution in [0.3, 0.4) is 0 Å². The Morgan fingerprint density at radius 2 is 1.73 bits per heavy atom. The van der Waals surface area contributed by atoms with Crippen LogP contribution in [0.25, 0.3) is 0 Å². The molecular weight excluding hydrogens is 343 g/mol. The molecule has 1 amide bonds. The van der Waals surface area contributed by atoms with E-state index in [0.717, 1.165) is 12.1 Å². The van der Waals surface area contributed by atoms with Crippen molar-refractivity contribution in [2.75, 3.05) is 18.1 Å². The Morgan fingerprint density at radius 3 is 2.27 bits per heavy atom. The highest BCUT2D eigenvalue weighted by atomic mass is 19.1. The SMILES string of the molecule is CCOC(=O)c1cc(C(=O)N(CC)c2ccc(F)cc2)cc([N+](=O)[O-])c1. The number of rotatable bonds is 6. The molecule has 136 valence electrons. The van der Waals surface area contributed by atoms with Gasteiger partial charge < -0.3 is 9.64 Å². The van der Waals surface area contributed by atoms with Crippen LogP contribution < -0.4 is 4.90 Å². The Bertz CT molecular complexity index is 836. The number of halogens is 1. The van der Waals surface area contributed by atoms with Crippen molar-refractivity contribution in [3.8, 4) is 0 Å². The second-order valence-electron chi connectivity index (χ2n) is 5.27. The van der Waals surface area contributed by atoms with E-state index >= 15 is 0 Å². The van der Waals surface area contributed by atoms with Crippen molar-refractivity contribution in [2.45, 2.75) is 13.8 Å². The van der Waals surface area contributed by atoms with Crippen molar-refractivity contribution in [1.82, 2.24) is 0 Å². The molecule has 0 saturated carbocycles. The summed E-state index contributed by atoms with van der Waals surface area (Å²) in [7, 11) is 0. The summed E-state index contributed by atoms with van der Waals surface area (Å²) in [5.41, 5.74) is -0.0786. The maximum atomic E-state index is 13.1. The minimum Gasteiger partial charge on any atom is -0.462 e. The van der Waals surface area contributed by atoms with Gasteiger partial charge in [-0.25, -0.2) is 9.18 Å². The van der Waals surface area contributed by atoms with Crippen LogP contribution in [0.15, 0.2) is 42.5 Å². The van der Waals surface area contributed by atoms with Crippen LogP contribution in [0.5, 0.6) is 0 Å². The lowest BCUT2D eigenvalue weighted by Gasteiger charge is -2.21. The number of benzene rings is 2. The molecule has 2 aromatic carbocycles. The minimum atomic E-state index is -0.755. The lowest BCUT2D eigenvalue weighted by Crippen LogP contribution is -2.30. The molecular formula is C18H17FN2O5. The second-order valence-corrected chi connectivity index (χ2v) is 5.27. The van der Waals surface area contributed by atoms with Crippen LogP contribution in [-0.2, 0) is 4.74 Å². The van der Waals surface area contributed by atoms with E-state index in [1.54, 1.807) is 13.8 Å². The van der Waals surface area contributed by atoms with Crippen molar-refractivity contribution >= 4 is 23.3 Å². The summed E-state index contributed by atoms with van der Waals surface area (Å²) in [6.45, 7) is 3.67. The van der Waals surface area contributed by atoms with E-state index in [1.807, 2.05) is 0 Å². The first-order valence-corrected chi connectivity index (χ1v) is 7.91. The summed E-state index contributed by atoms with van der Waals surface area (Å²) in [5, 5.41) is 11.1. The first-order chi connectivity index (χ1) is 12.4. The summed E-state index contributed by atoms with van der Waals surface area (Å²) in [5.74, 6) is -1.75. The Kier molecular flexibility index (Phi) is 6.00. The Morgan fingerprint density at radius 1 is 1.12 bits per heavy atom. The Hall–Kier alpha value is -3.29. The van der Waals surface area contributed by atoms with Crippen molar-refractivity contribution in [1.29, 1.82) is 0 Å². The van der Waals surface area contributed by atoms with Gasteiger partial charge in [-0.2, -0.15) is 0 Å². The zero-order valence-electron chi connectivity index (χ0n) is 14.3. The third kappa shape index (κ3) is 4.21. The highest BCUT2D eigenvalue weighted by molar-refractivity contribution is 6.07. The number of nitro benzene ring substituents is 1. The molecule has 0 aliphatic heterocycles. The van der Waals surface area contributed by atoms with Crippen LogP contribution in [-0.4, -0.2) is 30.0 Å². The molecule has 0 bridgehead atoms. The van der Waals surface area contributed by atoms with Gasteiger partial charge in [0.05, 0.1) is 17.1 Å². The monoisotopic (exact) mass is 360 g/mol. The topological polar surface area (TPSA) is 89.8 Å². The number of nitrogens with zero attached hydrogens (tertiary/aromatic N) is 2. The number of anilines is 1. The summed E-state index contributed by atoms with van der Waals surface area (Å²) < 4.78 is 18.0. The fourth-order valence-electron chi connectivity index (χ4n) is 2.39. The Labute approximate surface area is 149 Å². The molecule has 0 aliphatic rings. The van der Waals surface area contributed by atoms with E-state index in [1.165, 1.54) is 35.2 Å². The van der Waals surface area contributed by atoms with Crippen molar-refractivity contribution < 1.29 is 23.6 Å². The molecule has 0 N–H and O–H groups in total. The van der Waals surface area contributed by atoms with E-state index in [9.17, 15) is 24.1 Å². The molecule has 0 atom stereocenters. The number of amides is 1. The van der Waals surface area contributed by atoms with E-state index < -0.39 is 28.3 Å². The number of esters is 1. The minimum absolute atomic E-state index is 0.0339. The zero-order chi connectivity index (χ0) is 19.3. The predicted octanol–water partition coefficient (Wildman–Crippen LogP) is 3.58. The van der Waals surface area contributed by atoms with Gasteiger partial charge in [-0.3, -0.25) is 14.9 Å². The Balaban J connectivity index is 2.47. The molecule has 0 radical (unpaired) electrons. The predicted molar refractivity (Wildman–Crippen MR) is 92.8 cm³/mol. The number of ether oxygens (including phenoxy) is 1. The maximum Gasteiger partial charge on any atom is 0.338 e. The molecule has 0 aromatic heterocycles. The molecule has 0 fully saturated rings. The standard InChI is InChI=1S/C18H17FN2O5/c1-3-20(15-7-5-14(19)6-8-15)17(22)12-9-13(18(23)26-4-2)11-16(10-12)21(24)25/h5-11H,3-4H2,1-2H3. The molecule has 0 aliphatic carbocycles. The number of nitro groups is 1. The number of carbonyl (C=O) groups excluding carboxylic acids is 2. The smallest absolute Gasteiger partial charge is 0.338 e. The highest BCUT2D eigenvalue weighted by Gasteiger charge is 2.22. The van der Waals surface area contributed by atoms with Crippen LogP contribution in [0, 0.1) is 15.9 Å². The summed E-state index contributed by atoms with van der Waals surface area (Å²) in [6.07, 6.45) is 0. The second kappa shape index (κ2) is 8.19.